The summed E-state index contributed by atoms with van der Waals surface area (Å²) in [5.74, 6) is 0. The second-order valence-corrected chi connectivity index (χ2v) is 12.9. The van der Waals surface area contributed by atoms with E-state index in [1.807, 2.05) is 0 Å². The van der Waals surface area contributed by atoms with Gasteiger partial charge in [0.15, 0.2) is 0 Å². The molecule has 3 heterocycles. The predicted molar refractivity (Wildman–Crippen MR) is 90.5 cm³/mol. The molecule has 3 aliphatic rings. The molecule has 22 heavy (non-hydrogen) atoms. The first-order chi connectivity index (χ1) is 10.6. The van der Waals surface area contributed by atoms with Gasteiger partial charge in [-0.2, -0.15) is 13.5 Å². The third-order valence-electron chi connectivity index (χ3n) is 3.92. The van der Waals surface area contributed by atoms with E-state index in [0.29, 0.717) is 0 Å². The average Bonchev–Trinajstić information content (AvgIpc) is 2.60. The molecule has 1 saturated heterocycles. The molecule has 0 aromatic carbocycles. The number of fused-ring (bicyclic) bond motifs is 1. The first-order valence-electron chi connectivity index (χ1n) is 7.46. The summed E-state index contributed by atoms with van der Waals surface area (Å²) in [7, 11) is -2.66. The van der Waals surface area contributed by atoms with Gasteiger partial charge in [-0.3, -0.25) is 5.09 Å². The summed E-state index contributed by atoms with van der Waals surface area (Å²) in [5.41, 5.74) is 0. The van der Waals surface area contributed by atoms with Crippen molar-refractivity contribution in [2.24, 2.45) is 13.5 Å². The van der Waals surface area contributed by atoms with Gasteiger partial charge in [0.25, 0.3) is 7.58 Å². The summed E-state index contributed by atoms with van der Waals surface area (Å²) in [4.78, 5) is 0. The van der Waals surface area contributed by atoms with Crippen LogP contribution >= 0.6 is 22.7 Å². The largest absolute Gasteiger partial charge is 0.346 e. The van der Waals surface area contributed by atoms with Crippen molar-refractivity contribution in [3.8, 4) is 0 Å². The average molecular weight is 370 g/mol. The maximum absolute atomic E-state index is 5.78. The van der Waals surface area contributed by atoms with E-state index in [4.69, 9.17) is 27.1 Å². The van der Waals surface area contributed by atoms with Gasteiger partial charge in [-0.05, 0) is 19.3 Å². The molecule has 0 amide bonds. The third-order valence-corrected chi connectivity index (χ3v) is 13.6. The lowest BCUT2D eigenvalue weighted by atomic mass is 10.3. The molecule has 3 rings (SSSR count). The number of hydrogen-bond donors (Lipinski definition) is 2. The monoisotopic (exact) mass is 370 g/mol. The number of nitrogens with zero attached hydrogens (tertiary/aromatic N) is 4. The molecule has 128 valence electrons. The summed E-state index contributed by atoms with van der Waals surface area (Å²) in [6.07, 6.45) is 3.27. The quantitative estimate of drug-likeness (QED) is 0.740. The first kappa shape index (κ1) is 17.3. The molecule has 2 unspecified atom stereocenters. The molecule has 1 fully saturated rings. The lowest BCUT2D eigenvalue weighted by Gasteiger charge is -2.41. The van der Waals surface area contributed by atoms with Crippen molar-refractivity contribution in [1.82, 2.24) is 14.8 Å². The molecule has 0 radical (unpaired) electrons. The molecule has 0 aromatic rings. The number of hydrogen-bond acceptors (Lipinski definition) is 9. The summed E-state index contributed by atoms with van der Waals surface area (Å²) >= 11 is 0. The van der Waals surface area contributed by atoms with Crippen LogP contribution in [0.5, 0.6) is 0 Å². The fourth-order valence-electron chi connectivity index (χ4n) is 2.76. The van der Waals surface area contributed by atoms with Gasteiger partial charge >= 0.3 is 7.66 Å². The van der Waals surface area contributed by atoms with Gasteiger partial charge in [-0.1, -0.05) is 0 Å². The Bertz CT molecular complexity index is 586. The Balaban J connectivity index is 2.25. The Kier molecular flexibility index (Phi) is 5.30. The fourth-order valence-corrected chi connectivity index (χ4v) is 13.9. The lowest BCUT2D eigenvalue weighted by Crippen LogP contribution is -2.36. The summed E-state index contributed by atoms with van der Waals surface area (Å²) < 4.78 is 34.1. The van der Waals surface area contributed by atoms with Crippen LogP contribution in [0.4, 0.5) is 0 Å². The summed E-state index contributed by atoms with van der Waals surface area (Å²) in [6, 6.07) is 0. The molecule has 12 heteroatoms. The van der Waals surface area contributed by atoms with Crippen LogP contribution in [-0.4, -0.2) is 52.2 Å². The zero-order chi connectivity index (χ0) is 15.7. The van der Waals surface area contributed by atoms with Crippen LogP contribution in [0.1, 0.15) is 19.3 Å². The Labute approximate surface area is 132 Å². The van der Waals surface area contributed by atoms with Gasteiger partial charge in [-0.25, -0.2) is 9.76 Å². The van der Waals surface area contributed by atoms with Crippen LogP contribution in [0.2, 0.25) is 0 Å². The van der Waals surface area contributed by atoms with E-state index in [9.17, 15) is 0 Å². The minimum atomic E-state index is -2.71. The van der Waals surface area contributed by atoms with Crippen molar-refractivity contribution >= 4 is 22.7 Å². The van der Waals surface area contributed by atoms with Crippen molar-refractivity contribution in [2.75, 3.05) is 47.5 Å². The van der Waals surface area contributed by atoms with Crippen LogP contribution in [0.3, 0.4) is 0 Å². The van der Waals surface area contributed by atoms with E-state index < -0.39 is 22.7 Å². The smallest absolute Gasteiger partial charge is 0.319 e. The molecule has 3 aliphatic heterocycles. The number of rotatable bonds is 3. The van der Waals surface area contributed by atoms with E-state index in [1.165, 1.54) is 0 Å². The highest BCUT2D eigenvalue weighted by atomic mass is 31.3. The Morgan fingerprint density at radius 1 is 0.818 bits per heavy atom. The maximum Gasteiger partial charge on any atom is 0.346 e. The molecule has 0 aromatic heterocycles. The Hall–Kier alpha value is 0.450. The second kappa shape index (κ2) is 6.75. The normalized spacial score (nSPS) is 38.3. The van der Waals surface area contributed by atoms with E-state index in [-0.39, 0.29) is 0 Å². The Morgan fingerprint density at radius 2 is 1.55 bits per heavy atom. The van der Waals surface area contributed by atoms with Gasteiger partial charge in [0, 0.05) is 47.5 Å². The molecule has 0 aliphatic carbocycles. The van der Waals surface area contributed by atoms with Gasteiger partial charge in [0.2, 0.25) is 7.51 Å². The highest BCUT2D eigenvalue weighted by Crippen LogP contribution is 2.77. The van der Waals surface area contributed by atoms with E-state index in [0.717, 1.165) is 45.4 Å². The van der Waals surface area contributed by atoms with E-state index >= 15 is 0 Å². The number of nitrogens with one attached hydrogen (secondary N) is 2. The zero-order valence-corrected chi connectivity index (χ0v) is 16.0. The minimum absolute atomic E-state index is 0.829. The van der Waals surface area contributed by atoms with Crippen molar-refractivity contribution in [2.45, 2.75) is 19.3 Å². The highest BCUT2D eigenvalue weighted by molar-refractivity contribution is 7.81. The van der Waals surface area contributed by atoms with Gasteiger partial charge in [0.05, 0.1) is 0 Å². The molecule has 9 nitrogen and oxygen atoms in total. The minimum Gasteiger partial charge on any atom is -0.319 e. The SMILES string of the molecule is COP12=NP(OC)(OC)=NP3(=N1)NCCCN3CCCCN2. The first-order valence-corrected chi connectivity index (χ1v) is 12.2. The van der Waals surface area contributed by atoms with Gasteiger partial charge in [-0.15, -0.1) is 0 Å². The van der Waals surface area contributed by atoms with Crippen molar-refractivity contribution in [3.63, 3.8) is 0 Å². The van der Waals surface area contributed by atoms with Crippen LogP contribution in [-0.2, 0) is 13.6 Å². The van der Waals surface area contributed by atoms with Crippen LogP contribution < -0.4 is 10.2 Å². The standard InChI is InChI=1S/C10H25N6O3P3/c1-17-21-12-7-4-5-9-16-10-6-8-11-20(16,13-21)14-22(15-21,18-2)19-3/h11-12H,4-10H2,1-3H3. The molecule has 1 spiro atoms. The molecular weight excluding hydrogens is 345 g/mol. The lowest BCUT2D eigenvalue weighted by molar-refractivity contribution is 0.327. The van der Waals surface area contributed by atoms with Crippen molar-refractivity contribution in [1.29, 1.82) is 0 Å². The summed E-state index contributed by atoms with van der Waals surface area (Å²) in [6.45, 7) is 3.70. The predicted octanol–water partition coefficient (Wildman–Crippen LogP) is 3.46. The van der Waals surface area contributed by atoms with E-state index in [2.05, 4.69) is 14.8 Å². The molecular formula is C10H25N6O3P3. The van der Waals surface area contributed by atoms with Crippen molar-refractivity contribution < 1.29 is 13.6 Å². The van der Waals surface area contributed by atoms with Gasteiger partial charge in [0.1, 0.15) is 0 Å². The topological polar surface area (TPSA) is 92.1 Å². The molecule has 2 atom stereocenters. The van der Waals surface area contributed by atoms with Crippen molar-refractivity contribution in [3.05, 3.63) is 0 Å². The summed E-state index contributed by atoms with van der Waals surface area (Å²) in [5, 5.41) is 6.99. The molecule has 2 N–H and O–H groups in total. The second-order valence-electron chi connectivity index (χ2n) is 5.25. The Morgan fingerprint density at radius 3 is 2.27 bits per heavy atom. The molecule has 2 bridgehead atoms. The van der Waals surface area contributed by atoms with Crippen LogP contribution in [0.15, 0.2) is 13.5 Å². The van der Waals surface area contributed by atoms with Gasteiger partial charge < -0.3 is 13.6 Å². The zero-order valence-electron chi connectivity index (χ0n) is 13.3. The fraction of sp³-hybridized carbons (Fsp3) is 1.00. The van der Waals surface area contributed by atoms with E-state index in [1.54, 1.807) is 21.3 Å². The highest BCUT2D eigenvalue weighted by Gasteiger charge is 2.43. The molecule has 0 saturated carbocycles. The van der Waals surface area contributed by atoms with Crippen LogP contribution in [0.25, 0.3) is 0 Å². The van der Waals surface area contributed by atoms with Crippen LogP contribution in [0, 0.1) is 0 Å². The maximum atomic E-state index is 5.78. The third kappa shape index (κ3) is 3.04.